The molecule has 0 radical (unpaired) electrons. The van der Waals surface area contributed by atoms with Gasteiger partial charge in [-0.2, -0.15) is 11.8 Å². The number of nitrogens with zero attached hydrogens (tertiary/aromatic N) is 1. The number of thioether (sulfide) groups is 1. The number of hydrogen-bond donors (Lipinski definition) is 2. The summed E-state index contributed by atoms with van der Waals surface area (Å²) < 4.78 is 0. The molecule has 1 aromatic rings. The third-order valence-corrected chi connectivity index (χ3v) is 3.54. The van der Waals surface area contributed by atoms with Gasteiger partial charge in [-0.25, -0.2) is 0 Å². The van der Waals surface area contributed by atoms with E-state index in [-0.39, 0.29) is 6.61 Å². The van der Waals surface area contributed by atoms with Crippen molar-refractivity contribution >= 4 is 23.1 Å². The molecule has 0 unspecified atom stereocenters. The van der Waals surface area contributed by atoms with Gasteiger partial charge in [-0.15, -0.1) is 0 Å². The molecule has 1 aromatic carbocycles. The molecule has 0 bridgehead atoms. The molecule has 2 N–H and O–H groups in total. The number of anilines is 2. The van der Waals surface area contributed by atoms with E-state index in [9.17, 15) is 0 Å². The average molecular weight is 268 g/mol. The summed E-state index contributed by atoms with van der Waals surface area (Å²) in [6, 6.07) is 8.43. The van der Waals surface area contributed by atoms with E-state index in [1.807, 2.05) is 11.8 Å². The van der Waals surface area contributed by atoms with Gasteiger partial charge < -0.3 is 15.3 Å². The van der Waals surface area contributed by atoms with E-state index in [2.05, 4.69) is 47.7 Å². The molecule has 102 valence electrons. The van der Waals surface area contributed by atoms with Gasteiger partial charge in [0.1, 0.15) is 0 Å². The Labute approximate surface area is 115 Å². The number of nitrogens with one attached hydrogen (secondary N) is 1. The predicted octanol–water partition coefficient (Wildman–Crippen LogP) is 2.67. The van der Waals surface area contributed by atoms with Crippen molar-refractivity contribution in [1.29, 1.82) is 0 Å². The SMILES string of the molecule is CCN(CCO)c1ccc(NCCCSC)cc1. The van der Waals surface area contributed by atoms with E-state index in [1.165, 1.54) is 23.5 Å². The summed E-state index contributed by atoms with van der Waals surface area (Å²) in [5.41, 5.74) is 2.33. The summed E-state index contributed by atoms with van der Waals surface area (Å²) in [6.45, 7) is 4.93. The van der Waals surface area contributed by atoms with Crippen LogP contribution in [0.25, 0.3) is 0 Å². The van der Waals surface area contributed by atoms with Gasteiger partial charge >= 0.3 is 0 Å². The van der Waals surface area contributed by atoms with Crippen LogP contribution in [0.3, 0.4) is 0 Å². The van der Waals surface area contributed by atoms with Crippen molar-refractivity contribution in [3.8, 4) is 0 Å². The van der Waals surface area contributed by atoms with E-state index >= 15 is 0 Å². The summed E-state index contributed by atoms with van der Waals surface area (Å²) >= 11 is 1.88. The Bertz CT molecular complexity index is 316. The number of likely N-dealkylation sites (N-methyl/N-ethyl adjacent to an activating group) is 1. The zero-order valence-corrected chi connectivity index (χ0v) is 12.2. The third-order valence-electron chi connectivity index (χ3n) is 2.84. The minimum Gasteiger partial charge on any atom is -0.395 e. The fourth-order valence-corrected chi connectivity index (χ4v) is 2.26. The van der Waals surface area contributed by atoms with Crippen molar-refractivity contribution in [2.45, 2.75) is 13.3 Å². The highest BCUT2D eigenvalue weighted by Gasteiger charge is 2.02. The van der Waals surface area contributed by atoms with Gasteiger partial charge in [-0.3, -0.25) is 0 Å². The highest BCUT2D eigenvalue weighted by Crippen LogP contribution is 2.17. The highest BCUT2D eigenvalue weighted by atomic mass is 32.2. The fraction of sp³-hybridized carbons (Fsp3) is 0.571. The lowest BCUT2D eigenvalue weighted by atomic mass is 10.2. The second-order valence-electron chi connectivity index (χ2n) is 4.12. The Morgan fingerprint density at radius 1 is 1.28 bits per heavy atom. The monoisotopic (exact) mass is 268 g/mol. The predicted molar refractivity (Wildman–Crippen MR) is 82.9 cm³/mol. The van der Waals surface area contributed by atoms with Crippen molar-refractivity contribution in [3.05, 3.63) is 24.3 Å². The molecule has 0 aliphatic rings. The van der Waals surface area contributed by atoms with Crippen LogP contribution in [-0.4, -0.2) is 43.4 Å². The first kappa shape index (κ1) is 15.2. The first-order chi connectivity index (χ1) is 8.81. The van der Waals surface area contributed by atoms with E-state index in [1.54, 1.807) is 0 Å². The molecule has 0 aromatic heterocycles. The fourth-order valence-electron chi connectivity index (χ4n) is 1.83. The summed E-state index contributed by atoms with van der Waals surface area (Å²) in [4.78, 5) is 2.16. The zero-order chi connectivity index (χ0) is 13.2. The van der Waals surface area contributed by atoms with Crippen LogP contribution in [0, 0.1) is 0 Å². The maximum Gasteiger partial charge on any atom is 0.0606 e. The molecule has 4 heteroatoms. The van der Waals surface area contributed by atoms with Crippen LogP contribution in [0.4, 0.5) is 11.4 Å². The molecule has 0 amide bonds. The van der Waals surface area contributed by atoms with Crippen molar-refractivity contribution < 1.29 is 5.11 Å². The van der Waals surface area contributed by atoms with Crippen LogP contribution in [-0.2, 0) is 0 Å². The number of rotatable bonds is 9. The van der Waals surface area contributed by atoms with Gasteiger partial charge in [-0.05, 0) is 49.6 Å². The smallest absolute Gasteiger partial charge is 0.0606 e. The Morgan fingerprint density at radius 2 is 2.00 bits per heavy atom. The minimum absolute atomic E-state index is 0.197. The standard InChI is InChI=1S/C14H24N2OS/c1-3-16(10-11-17)14-7-5-13(6-8-14)15-9-4-12-18-2/h5-8,15,17H,3-4,9-12H2,1-2H3. The van der Waals surface area contributed by atoms with Gasteiger partial charge in [0.05, 0.1) is 6.61 Å². The van der Waals surface area contributed by atoms with Crippen LogP contribution >= 0.6 is 11.8 Å². The topological polar surface area (TPSA) is 35.5 Å². The second kappa shape index (κ2) is 9.11. The molecule has 0 aliphatic heterocycles. The number of benzene rings is 1. The molecule has 0 saturated carbocycles. The van der Waals surface area contributed by atoms with Crippen molar-refractivity contribution in [2.75, 3.05) is 48.5 Å². The maximum absolute atomic E-state index is 8.99. The van der Waals surface area contributed by atoms with Crippen LogP contribution in [0.5, 0.6) is 0 Å². The van der Waals surface area contributed by atoms with E-state index in [0.29, 0.717) is 6.54 Å². The Morgan fingerprint density at radius 3 is 2.56 bits per heavy atom. The van der Waals surface area contributed by atoms with Crippen LogP contribution < -0.4 is 10.2 Å². The summed E-state index contributed by atoms with van der Waals surface area (Å²) in [7, 11) is 0. The maximum atomic E-state index is 8.99. The lowest BCUT2D eigenvalue weighted by Gasteiger charge is -2.22. The normalized spacial score (nSPS) is 10.4. The van der Waals surface area contributed by atoms with Gasteiger partial charge in [0, 0.05) is 31.0 Å². The summed E-state index contributed by atoms with van der Waals surface area (Å²) in [5.74, 6) is 1.20. The van der Waals surface area contributed by atoms with E-state index in [4.69, 9.17) is 5.11 Å². The molecule has 1 rings (SSSR count). The molecule has 0 heterocycles. The largest absolute Gasteiger partial charge is 0.395 e. The molecule has 0 aliphatic carbocycles. The lowest BCUT2D eigenvalue weighted by molar-refractivity contribution is 0.302. The van der Waals surface area contributed by atoms with Crippen molar-refractivity contribution in [2.24, 2.45) is 0 Å². The molecular weight excluding hydrogens is 244 g/mol. The molecular formula is C14H24N2OS. The number of aliphatic hydroxyl groups is 1. The summed E-state index contributed by atoms with van der Waals surface area (Å²) in [6.07, 6.45) is 3.32. The van der Waals surface area contributed by atoms with Crippen molar-refractivity contribution in [1.82, 2.24) is 0 Å². The van der Waals surface area contributed by atoms with Gasteiger partial charge in [0.25, 0.3) is 0 Å². The Balaban J connectivity index is 2.45. The van der Waals surface area contributed by atoms with Gasteiger partial charge in [0.15, 0.2) is 0 Å². The first-order valence-corrected chi connectivity index (χ1v) is 7.90. The minimum atomic E-state index is 0.197. The molecule has 3 nitrogen and oxygen atoms in total. The number of hydrogen-bond acceptors (Lipinski definition) is 4. The molecule has 0 atom stereocenters. The highest BCUT2D eigenvalue weighted by molar-refractivity contribution is 7.98. The van der Waals surface area contributed by atoms with E-state index in [0.717, 1.165) is 13.1 Å². The van der Waals surface area contributed by atoms with Crippen LogP contribution in [0.15, 0.2) is 24.3 Å². The van der Waals surface area contributed by atoms with Crippen molar-refractivity contribution in [3.63, 3.8) is 0 Å². The van der Waals surface area contributed by atoms with Crippen LogP contribution in [0.2, 0.25) is 0 Å². The summed E-state index contributed by atoms with van der Waals surface area (Å²) in [5, 5.41) is 12.4. The first-order valence-electron chi connectivity index (χ1n) is 6.50. The average Bonchev–Trinajstić information content (AvgIpc) is 2.42. The lowest BCUT2D eigenvalue weighted by Crippen LogP contribution is -2.25. The van der Waals surface area contributed by atoms with Crippen LogP contribution in [0.1, 0.15) is 13.3 Å². The quantitative estimate of drug-likeness (QED) is 0.675. The third kappa shape index (κ3) is 5.19. The molecule has 0 spiro atoms. The molecule has 0 fully saturated rings. The molecule has 18 heavy (non-hydrogen) atoms. The van der Waals surface area contributed by atoms with Gasteiger partial charge in [-0.1, -0.05) is 0 Å². The van der Waals surface area contributed by atoms with Gasteiger partial charge in [0.2, 0.25) is 0 Å². The Hall–Kier alpha value is -0.870. The number of aliphatic hydroxyl groups excluding tert-OH is 1. The van der Waals surface area contributed by atoms with E-state index < -0.39 is 0 Å². The second-order valence-corrected chi connectivity index (χ2v) is 5.11. The Kier molecular flexibility index (Phi) is 7.69. The molecule has 0 saturated heterocycles. The zero-order valence-electron chi connectivity index (χ0n) is 11.4.